The molecule has 0 fully saturated rings. The normalized spacial score (nSPS) is 10.4. The third-order valence-corrected chi connectivity index (χ3v) is 4.80. The highest BCUT2D eigenvalue weighted by Crippen LogP contribution is 2.18. The molecule has 0 saturated carbocycles. The third-order valence-electron chi connectivity index (χ3n) is 3.68. The van der Waals surface area contributed by atoms with Crippen molar-refractivity contribution in [3.63, 3.8) is 0 Å². The molecule has 1 aromatic carbocycles. The van der Waals surface area contributed by atoms with E-state index in [0.717, 1.165) is 5.01 Å². The second kappa shape index (κ2) is 10.5. The number of amides is 1. The first-order valence-corrected chi connectivity index (χ1v) is 10.0. The van der Waals surface area contributed by atoms with E-state index in [1.54, 1.807) is 48.0 Å². The van der Waals surface area contributed by atoms with E-state index in [0.29, 0.717) is 28.6 Å². The van der Waals surface area contributed by atoms with Gasteiger partial charge in [-0.25, -0.2) is 4.98 Å². The predicted molar refractivity (Wildman–Crippen MR) is 109 cm³/mol. The summed E-state index contributed by atoms with van der Waals surface area (Å²) in [4.78, 5) is 32.0. The van der Waals surface area contributed by atoms with E-state index in [1.165, 1.54) is 17.5 Å². The van der Waals surface area contributed by atoms with E-state index in [1.807, 2.05) is 0 Å². The van der Waals surface area contributed by atoms with Gasteiger partial charge in [0.1, 0.15) is 24.0 Å². The highest BCUT2D eigenvalue weighted by Gasteiger charge is 2.10. The van der Waals surface area contributed by atoms with Crippen LogP contribution < -0.4 is 10.1 Å². The number of rotatable bonds is 9. The van der Waals surface area contributed by atoms with Crippen LogP contribution in [0.3, 0.4) is 0 Å². The van der Waals surface area contributed by atoms with E-state index >= 15 is 0 Å². The van der Waals surface area contributed by atoms with E-state index in [4.69, 9.17) is 21.1 Å². The molecule has 3 rings (SSSR count). The number of hydrogen-bond acceptors (Lipinski definition) is 7. The molecule has 0 atom stereocenters. The Morgan fingerprint density at radius 1 is 1.17 bits per heavy atom. The number of nitrogens with one attached hydrogen (secondary N) is 1. The number of pyridine rings is 1. The predicted octanol–water partition coefficient (Wildman–Crippen LogP) is 3.29. The summed E-state index contributed by atoms with van der Waals surface area (Å²) >= 11 is 7.25. The van der Waals surface area contributed by atoms with Crippen LogP contribution in [-0.4, -0.2) is 35.0 Å². The fourth-order valence-electron chi connectivity index (χ4n) is 2.30. The van der Waals surface area contributed by atoms with Gasteiger partial charge >= 0.3 is 5.97 Å². The van der Waals surface area contributed by atoms with Gasteiger partial charge in [-0.05, 0) is 36.4 Å². The first kappa shape index (κ1) is 20.8. The second-order valence-corrected chi connectivity index (χ2v) is 7.25. The number of carbonyl (C=O) groups excluding carboxylic acids is 2. The largest absolute Gasteiger partial charge is 0.486 e. The van der Waals surface area contributed by atoms with E-state index in [2.05, 4.69) is 15.3 Å². The monoisotopic (exact) mass is 431 g/mol. The number of hydrogen-bond donors (Lipinski definition) is 1. The summed E-state index contributed by atoms with van der Waals surface area (Å²) in [5.74, 6) is 0.0222. The van der Waals surface area contributed by atoms with Gasteiger partial charge in [-0.3, -0.25) is 14.6 Å². The zero-order chi connectivity index (χ0) is 20.5. The Hall–Kier alpha value is -2.97. The molecule has 9 heteroatoms. The van der Waals surface area contributed by atoms with Crippen LogP contribution in [-0.2, 0) is 22.6 Å². The Morgan fingerprint density at radius 2 is 2.00 bits per heavy atom. The highest BCUT2D eigenvalue weighted by molar-refractivity contribution is 7.09. The number of carbonyl (C=O) groups is 2. The molecule has 1 amide bonds. The second-order valence-electron chi connectivity index (χ2n) is 5.87. The molecule has 0 saturated heterocycles. The van der Waals surface area contributed by atoms with Crippen molar-refractivity contribution in [3.8, 4) is 5.75 Å². The molecule has 0 spiro atoms. The lowest BCUT2D eigenvalue weighted by atomic mass is 10.3. The molecule has 3 aromatic rings. The SMILES string of the molecule is O=C(Cc1csc(COc2ccc(Cl)cc2)n1)OCCNC(=O)c1cccnc1. The number of thiazole rings is 1. The molecule has 7 nitrogen and oxygen atoms in total. The van der Waals surface area contributed by atoms with Gasteiger partial charge in [-0.15, -0.1) is 11.3 Å². The lowest BCUT2D eigenvalue weighted by molar-refractivity contribution is -0.142. The first-order chi connectivity index (χ1) is 14.1. The summed E-state index contributed by atoms with van der Waals surface area (Å²) in [7, 11) is 0. The van der Waals surface area contributed by atoms with Crippen molar-refractivity contribution in [3.05, 3.63) is 75.5 Å². The van der Waals surface area contributed by atoms with Crippen LogP contribution in [0.1, 0.15) is 21.1 Å². The minimum atomic E-state index is -0.406. The van der Waals surface area contributed by atoms with Crippen molar-refractivity contribution in [1.82, 2.24) is 15.3 Å². The Morgan fingerprint density at radius 3 is 2.76 bits per heavy atom. The lowest BCUT2D eigenvalue weighted by Crippen LogP contribution is -2.28. The molecule has 29 heavy (non-hydrogen) atoms. The molecule has 2 aromatic heterocycles. The molecular weight excluding hydrogens is 414 g/mol. The number of nitrogens with zero attached hydrogens (tertiary/aromatic N) is 2. The van der Waals surface area contributed by atoms with Crippen LogP contribution in [0, 0.1) is 0 Å². The van der Waals surface area contributed by atoms with Crippen LogP contribution in [0.15, 0.2) is 54.2 Å². The van der Waals surface area contributed by atoms with E-state index in [9.17, 15) is 9.59 Å². The van der Waals surface area contributed by atoms with Crippen molar-refractivity contribution in [2.24, 2.45) is 0 Å². The molecule has 0 aliphatic heterocycles. The number of benzene rings is 1. The van der Waals surface area contributed by atoms with Crippen LogP contribution in [0.25, 0.3) is 0 Å². The average Bonchev–Trinajstić information content (AvgIpc) is 3.18. The minimum Gasteiger partial charge on any atom is -0.486 e. The Balaban J connectivity index is 1.35. The van der Waals surface area contributed by atoms with Crippen molar-refractivity contribution < 1.29 is 19.1 Å². The summed E-state index contributed by atoms with van der Waals surface area (Å²) in [6.45, 7) is 0.611. The van der Waals surface area contributed by atoms with Gasteiger partial charge in [0.15, 0.2) is 0 Å². The first-order valence-electron chi connectivity index (χ1n) is 8.75. The standard InChI is InChI=1S/C20H18ClN3O4S/c21-15-3-5-17(6-4-15)28-12-18-24-16(13-29-18)10-19(25)27-9-8-23-20(26)14-2-1-7-22-11-14/h1-7,11,13H,8-10,12H2,(H,23,26). The zero-order valence-electron chi connectivity index (χ0n) is 15.3. The highest BCUT2D eigenvalue weighted by atomic mass is 35.5. The fraction of sp³-hybridized carbons (Fsp3) is 0.200. The number of ether oxygens (including phenoxy) is 2. The quantitative estimate of drug-likeness (QED) is 0.413. The van der Waals surface area contributed by atoms with E-state index < -0.39 is 5.97 Å². The summed E-state index contributed by atoms with van der Waals surface area (Å²) in [5.41, 5.74) is 1.07. The molecule has 150 valence electrons. The maximum atomic E-state index is 11.9. The molecule has 0 aliphatic rings. The van der Waals surface area contributed by atoms with Gasteiger partial charge in [-0.1, -0.05) is 11.6 Å². The molecule has 0 unspecified atom stereocenters. The van der Waals surface area contributed by atoms with Crippen LogP contribution in [0.2, 0.25) is 5.02 Å². The molecule has 2 heterocycles. The Bertz CT molecular complexity index is 948. The van der Waals surface area contributed by atoms with Gasteiger partial charge in [0, 0.05) is 22.8 Å². The maximum Gasteiger partial charge on any atom is 0.311 e. The van der Waals surface area contributed by atoms with Crippen LogP contribution in [0.5, 0.6) is 5.75 Å². The smallest absolute Gasteiger partial charge is 0.311 e. The molecule has 1 N–H and O–H groups in total. The van der Waals surface area contributed by atoms with Crippen molar-refractivity contribution in [1.29, 1.82) is 0 Å². The Kier molecular flexibility index (Phi) is 7.54. The topological polar surface area (TPSA) is 90.4 Å². The van der Waals surface area contributed by atoms with Crippen molar-refractivity contribution in [2.45, 2.75) is 13.0 Å². The summed E-state index contributed by atoms with van der Waals surface area (Å²) in [6, 6.07) is 10.4. The lowest BCUT2D eigenvalue weighted by Gasteiger charge is -2.06. The van der Waals surface area contributed by atoms with E-state index in [-0.39, 0.29) is 25.5 Å². The molecular formula is C20H18ClN3O4S. The van der Waals surface area contributed by atoms with Gasteiger partial charge < -0.3 is 14.8 Å². The average molecular weight is 432 g/mol. The molecule has 0 radical (unpaired) electrons. The fourth-order valence-corrected chi connectivity index (χ4v) is 3.13. The maximum absolute atomic E-state index is 11.9. The number of halogens is 1. The van der Waals surface area contributed by atoms with Crippen molar-refractivity contribution >= 4 is 34.8 Å². The third kappa shape index (κ3) is 6.85. The minimum absolute atomic E-state index is 0.0635. The molecule has 0 aliphatic carbocycles. The zero-order valence-corrected chi connectivity index (χ0v) is 16.9. The molecule has 0 bridgehead atoms. The van der Waals surface area contributed by atoms with Crippen molar-refractivity contribution in [2.75, 3.05) is 13.2 Å². The van der Waals surface area contributed by atoms with Gasteiger partial charge in [0.2, 0.25) is 0 Å². The van der Waals surface area contributed by atoms with Crippen LogP contribution in [0.4, 0.5) is 0 Å². The van der Waals surface area contributed by atoms with Crippen LogP contribution >= 0.6 is 22.9 Å². The van der Waals surface area contributed by atoms with Gasteiger partial charge in [-0.2, -0.15) is 0 Å². The number of esters is 1. The van der Waals surface area contributed by atoms with Gasteiger partial charge in [0.05, 0.1) is 24.2 Å². The summed E-state index contributed by atoms with van der Waals surface area (Å²) < 4.78 is 10.8. The Labute approximate surface area is 176 Å². The summed E-state index contributed by atoms with van der Waals surface area (Å²) in [6.07, 6.45) is 3.12. The summed E-state index contributed by atoms with van der Waals surface area (Å²) in [5, 5.41) is 5.86. The number of aromatic nitrogens is 2. The van der Waals surface area contributed by atoms with Gasteiger partial charge in [0.25, 0.3) is 5.91 Å².